The highest BCUT2D eigenvalue weighted by molar-refractivity contribution is 5.91. The Hall–Kier alpha value is -2.20. The largest absolute Gasteiger partial charge is 0.377 e. The number of ketones is 1. The maximum absolute atomic E-state index is 13.3. The maximum Gasteiger partial charge on any atom is 0.143 e. The van der Waals surface area contributed by atoms with Gasteiger partial charge in [0.2, 0.25) is 0 Å². The van der Waals surface area contributed by atoms with Crippen molar-refractivity contribution in [2.75, 3.05) is 20.7 Å². The van der Waals surface area contributed by atoms with Crippen molar-refractivity contribution in [3.63, 3.8) is 0 Å². The van der Waals surface area contributed by atoms with Crippen LogP contribution in [-0.4, -0.2) is 37.7 Å². The van der Waals surface area contributed by atoms with E-state index in [1.807, 2.05) is 38.4 Å². The van der Waals surface area contributed by atoms with Crippen molar-refractivity contribution in [2.45, 2.75) is 45.6 Å². The molecular weight excluding hydrogens is 360 g/mol. The first-order valence-corrected chi connectivity index (χ1v) is 10.8. The first-order valence-electron chi connectivity index (χ1n) is 10.8. The number of allylic oxidation sites excluding steroid dienone is 4. The van der Waals surface area contributed by atoms with Crippen LogP contribution in [0.4, 0.5) is 0 Å². The molecule has 156 valence electrons. The summed E-state index contributed by atoms with van der Waals surface area (Å²) < 4.78 is 5.90. The predicted octanol–water partition coefficient (Wildman–Crippen LogP) is 5.02. The Kier molecular flexibility index (Phi) is 7.43. The van der Waals surface area contributed by atoms with Gasteiger partial charge in [-0.2, -0.15) is 5.10 Å². The van der Waals surface area contributed by atoms with Crippen molar-refractivity contribution in [1.29, 1.82) is 0 Å². The van der Waals surface area contributed by atoms with E-state index in [4.69, 9.17) is 4.74 Å². The lowest BCUT2D eigenvalue weighted by molar-refractivity contribution is -0.134. The Labute approximate surface area is 175 Å². The molecule has 0 spiro atoms. The minimum atomic E-state index is -0.328. The van der Waals surface area contributed by atoms with E-state index < -0.39 is 0 Å². The van der Waals surface area contributed by atoms with Crippen LogP contribution < -0.4 is 0 Å². The second-order valence-electron chi connectivity index (χ2n) is 8.64. The highest BCUT2D eigenvalue weighted by atomic mass is 16.5. The molecule has 1 aromatic rings. The Morgan fingerprint density at radius 3 is 2.83 bits per heavy atom. The molecule has 29 heavy (non-hydrogen) atoms. The molecule has 3 atom stereocenters. The van der Waals surface area contributed by atoms with Crippen molar-refractivity contribution in [2.24, 2.45) is 22.4 Å². The summed E-state index contributed by atoms with van der Waals surface area (Å²) in [5, 5.41) is 6.02. The maximum atomic E-state index is 13.3. The smallest absolute Gasteiger partial charge is 0.143 e. The van der Waals surface area contributed by atoms with Gasteiger partial charge >= 0.3 is 0 Å². The highest BCUT2D eigenvalue weighted by Crippen LogP contribution is 2.55. The van der Waals surface area contributed by atoms with E-state index >= 15 is 0 Å². The van der Waals surface area contributed by atoms with E-state index in [-0.39, 0.29) is 5.41 Å². The molecule has 0 aliphatic heterocycles. The lowest BCUT2D eigenvalue weighted by atomic mass is 9.60. The van der Waals surface area contributed by atoms with E-state index in [2.05, 4.69) is 36.3 Å². The van der Waals surface area contributed by atoms with Crippen molar-refractivity contribution in [3.8, 4) is 0 Å². The summed E-state index contributed by atoms with van der Waals surface area (Å²) in [4.78, 5) is 13.3. The van der Waals surface area contributed by atoms with Gasteiger partial charge in [-0.1, -0.05) is 49.4 Å². The minimum absolute atomic E-state index is 0.328. The van der Waals surface area contributed by atoms with E-state index in [9.17, 15) is 4.79 Å². The van der Waals surface area contributed by atoms with Gasteiger partial charge < -0.3 is 9.75 Å². The first-order chi connectivity index (χ1) is 14.0. The van der Waals surface area contributed by atoms with Crippen LogP contribution >= 0.6 is 0 Å². The fourth-order valence-corrected chi connectivity index (χ4v) is 4.88. The van der Waals surface area contributed by atoms with Crippen molar-refractivity contribution in [1.82, 2.24) is 5.01 Å². The molecule has 0 heterocycles. The molecule has 3 rings (SSSR count). The number of carbonyl (C=O) groups is 1. The molecule has 4 nitrogen and oxygen atoms in total. The number of carbonyl (C=O) groups excluding carboxylic acids is 1. The topological polar surface area (TPSA) is 41.9 Å². The van der Waals surface area contributed by atoms with E-state index in [1.165, 1.54) is 11.1 Å². The van der Waals surface area contributed by atoms with Crippen LogP contribution in [0.25, 0.3) is 0 Å². The number of fused-ring (bicyclic) bond motifs is 1. The summed E-state index contributed by atoms with van der Waals surface area (Å²) in [5.41, 5.74) is 2.05. The second kappa shape index (κ2) is 10.0. The Balaban J connectivity index is 1.64. The molecular formula is C25H34N2O2. The zero-order chi connectivity index (χ0) is 20.7. The summed E-state index contributed by atoms with van der Waals surface area (Å²) in [6.45, 7) is 3.53. The average Bonchev–Trinajstić information content (AvgIpc) is 3.04. The molecule has 0 N–H and O–H groups in total. The van der Waals surface area contributed by atoms with Gasteiger partial charge in [-0.3, -0.25) is 4.79 Å². The molecule has 2 aliphatic carbocycles. The summed E-state index contributed by atoms with van der Waals surface area (Å²) in [7, 11) is 3.80. The first kappa shape index (κ1) is 21.5. The van der Waals surface area contributed by atoms with Gasteiger partial charge in [0.25, 0.3) is 0 Å². The Bertz CT molecular complexity index is 766. The lowest BCUT2D eigenvalue weighted by Gasteiger charge is -2.42. The molecule has 0 unspecified atom stereocenters. The molecule has 1 saturated carbocycles. The fourth-order valence-electron chi connectivity index (χ4n) is 4.88. The number of ether oxygens (including phenoxy) is 1. The lowest BCUT2D eigenvalue weighted by Crippen LogP contribution is -2.43. The molecule has 0 amide bonds. The van der Waals surface area contributed by atoms with Gasteiger partial charge in [0, 0.05) is 33.3 Å². The van der Waals surface area contributed by atoms with Crippen LogP contribution in [0.1, 0.15) is 44.6 Å². The minimum Gasteiger partial charge on any atom is -0.377 e. The van der Waals surface area contributed by atoms with Crippen LogP contribution in [0.5, 0.6) is 0 Å². The molecule has 1 fully saturated rings. The molecule has 0 aromatic heterocycles. The van der Waals surface area contributed by atoms with E-state index in [1.54, 1.807) is 11.2 Å². The quantitative estimate of drug-likeness (QED) is 0.335. The fraction of sp³-hybridized carbons (Fsp3) is 0.520. The number of hydrazone groups is 1. The van der Waals surface area contributed by atoms with Crippen LogP contribution in [0.2, 0.25) is 0 Å². The van der Waals surface area contributed by atoms with Crippen molar-refractivity contribution < 1.29 is 9.53 Å². The predicted molar refractivity (Wildman–Crippen MR) is 119 cm³/mol. The van der Waals surface area contributed by atoms with Gasteiger partial charge in [0.05, 0.1) is 12.0 Å². The van der Waals surface area contributed by atoms with Gasteiger partial charge in [0.15, 0.2) is 0 Å². The average molecular weight is 395 g/mol. The summed E-state index contributed by atoms with van der Waals surface area (Å²) in [6, 6.07) is 10.2. The normalized spacial score (nSPS) is 26.9. The number of hydrogen-bond acceptors (Lipinski definition) is 4. The van der Waals surface area contributed by atoms with Gasteiger partial charge in [-0.25, -0.2) is 0 Å². The molecule has 0 radical (unpaired) electrons. The van der Waals surface area contributed by atoms with Gasteiger partial charge in [-0.15, -0.1) is 0 Å². The summed E-state index contributed by atoms with van der Waals surface area (Å²) >= 11 is 0. The van der Waals surface area contributed by atoms with Crippen molar-refractivity contribution in [3.05, 3.63) is 59.7 Å². The third-order valence-electron chi connectivity index (χ3n) is 6.18. The number of nitrogens with zero attached hydrogens (tertiary/aromatic N) is 2. The Morgan fingerprint density at radius 2 is 2.07 bits per heavy atom. The Morgan fingerprint density at radius 1 is 1.28 bits per heavy atom. The van der Waals surface area contributed by atoms with E-state index in [0.29, 0.717) is 37.3 Å². The molecule has 4 heteroatoms. The molecule has 0 saturated heterocycles. The molecule has 0 bridgehead atoms. The van der Waals surface area contributed by atoms with Crippen LogP contribution in [-0.2, 0) is 16.1 Å². The number of hydrogen-bond donors (Lipinski definition) is 0. The monoisotopic (exact) mass is 394 g/mol. The number of rotatable bonds is 9. The highest BCUT2D eigenvalue weighted by Gasteiger charge is 2.52. The second-order valence-corrected chi connectivity index (χ2v) is 8.64. The summed E-state index contributed by atoms with van der Waals surface area (Å²) in [6.07, 6.45) is 12.8. The standard InChI is InChI=1S/C25H34N2O2/c1-20-17-23-13-12-22(11-7-15-26-27(2)3)25(23,24(28)18-20)14-8-16-29-19-21-9-5-4-6-10-21/h4-7,9-12,15,20,23H,8,13-14,16-19H2,1-3H3/b11-7+,26-15+/t20-,23-,25-/m1/s1. The van der Waals surface area contributed by atoms with Gasteiger partial charge in [0.1, 0.15) is 5.78 Å². The van der Waals surface area contributed by atoms with Crippen LogP contribution in [0.3, 0.4) is 0 Å². The third kappa shape index (κ3) is 5.24. The number of Topliss-reactive ketones (excluding diaryl/α,β-unsaturated/α-hetero) is 1. The number of benzene rings is 1. The zero-order valence-corrected chi connectivity index (χ0v) is 18.0. The van der Waals surface area contributed by atoms with Crippen LogP contribution in [0, 0.1) is 17.3 Å². The molecule has 2 aliphatic rings. The zero-order valence-electron chi connectivity index (χ0n) is 18.0. The van der Waals surface area contributed by atoms with Crippen LogP contribution in [0.15, 0.2) is 59.2 Å². The van der Waals surface area contributed by atoms with Gasteiger partial charge in [-0.05, 0) is 54.7 Å². The van der Waals surface area contributed by atoms with E-state index in [0.717, 1.165) is 25.7 Å². The summed E-state index contributed by atoms with van der Waals surface area (Å²) in [5.74, 6) is 1.34. The molecule has 1 aromatic carbocycles. The SMILES string of the molecule is C[C@H]1CC(=O)[C@]2(CCCOCc3ccccc3)C(/C=C/C=N/N(C)C)=CC[C@@H]2C1. The third-order valence-corrected chi connectivity index (χ3v) is 6.18. The van der Waals surface area contributed by atoms with Crippen molar-refractivity contribution >= 4 is 12.0 Å².